The predicted molar refractivity (Wildman–Crippen MR) is 86.0 cm³/mol. The Morgan fingerprint density at radius 3 is 0.900 bits per heavy atom. The molecule has 0 heterocycles. The van der Waals surface area contributed by atoms with Crippen molar-refractivity contribution in [3.8, 4) is 0 Å². The largest absolute Gasteiger partial charge is 0.400 e. The molecule has 0 amide bonds. The van der Waals surface area contributed by atoms with Gasteiger partial charge in [-0.2, -0.15) is 0 Å². The molecule has 0 bridgehead atoms. The van der Waals surface area contributed by atoms with Crippen LogP contribution >= 0.6 is 0 Å². The van der Waals surface area contributed by atoms with Crippen molar-refractivity contribution in [1.29, 1.82) is 0 Å². The lowest BCUT2D eigenvalue weighted by molar-refractivity contribution is 0.222. The highest BCUT2D eigenvalue weighted by Crippen LogP contribution is 2.37. The van der Waals surface area contributed by atoms with Crippen LogP contribution in [0, 0.1) is 5.41 Å². The summed E-state index contributed by atoms with van der Waals surface area (Å²) in [5, 5.41) is 0. The SMILES string of the molecule is CO[SiH](CC(C)(C[SiH](OC)OC)C[SiH](OC)OC)OC. The van der Waals surface area contributed by atoms with Gasteiger partial charge in [-0.3, -0.25) is 0 Å². The summed E-state index contributed by atoms with van der Waals surface area (Å²) < 4.78 is 32.9. The third kappa shape index (κ3) is 7.43. The fraction of sp³-hybridized carbons (Fsp3) is 1.00. The first kappa shape index (κ1) is 20.4. The maximum Gasteiger partial charge on any atom is 0.321 e. The van der Waals surface area contributed by atoms with Crippen LogP contribution in [0.15, 0.2) is 0 Å². The topological polar surface area (TPSA) is 55.4 Å². The normalized spacial score (nSPS) is 12.9. The maximum atomic E-state index is 5.48. The summed E-state index contributed by atoms with van der Waals surface area (Å²) in [6, 6.07) is 2.69. The smallest absolute Gasteiger partial charge is 0.321 e. The Hall–Kier alpha value is 0.411. The second-order valence-electron chi connectivity index (χ2n) is 5.13. The first-order chi connectivity index (χ1) is 9.48. The first-order valence-electron chi connectivity index (χ1n) is 6.65. The van der Waals surface area contributed by atoms with Gasteiger partial charge in [0.25, 0.3) is 0 Å². The fourth-order valence-corrected chi connectivity index (χ4v) is 8.24. The summed E-state index contributed by atoms with van der Waals surface area (Å²) in [4.78, 5) is 0. The van der Waals surface area contributed by atoms with E-state index in [0.29, 0.717) is 0 Å². The molecule has 0 aliphatic carbocycles. The van der Waals surface area contributed by atoms with Crippen molar-refractivity contribution in [1.82, 2.24) is 0 Å². The quantitative estimate of drug-likeness (QED) is 0.482. The lowest BCUT2D eigenvalue weighted by Crippen LogP contribution is -2.38. The van der Waals surface area contributed by atoms with E-state index in [4.69, 9.17) is 26.6 Å². The molecule has 0 radical (unpaired) electrons. The van der Waals surface area contributed by atoms with Crippen LogP contribution < -0.4 is 0 Å². The highest BCUT2D eigenvalue weighted by atomic mass is 28.3. The summed E-state index contributed by atoms with van der Waals surface area (Å²) in [7, 11) is 5.30. The summed E-state index contributed by atoms with van der Waals surface area (Å²) in [5.41, 5.74) is 0.00866. The van der Waals surface area contributed by atoms with Crippen molar-refractivity contribution in [2.24, 2.45) is 5.41 Å². The Morgan fingerprint density at radius 2 is 0.750 bits per heavy atom. The molecular formula is C11H30O6Si3. The zero-order valence-electron chi connectivity index (χ0n) is 13.8. The summed E-state index contributed by atoms with van der Waals surface area (Å²) in [5.74, 6) is 0. The van der Waals surface area contributed by atoms with Crippen LogP contribution in [0.5, 0.6) is 0 Å². The van der Waals surface area contributed by atoms with Gasteiger partial charge < -0.3 is 26.6 Å². The molecule has 0 atom stereocenters. The molecule has 0 aromatic carbocycles. The lowest BCUT2D eigenvalue weighted by atomic mass is 9.99. The van der Waals surface area contributed by atoms with Gasteiger partial charge in [0, 0.05) is 42.7 Å². The van der Waals surface area contributed by atoms with Gasteiger partial charge in [0.15, 0.2) is 0 Å². The number of rotatable bonds is 12. The van der Waals surface area contributed by atoms with Crippen molar-refractivity contribution >= 4 is 27.9 Å². The number of hydrogen-bond acceptors (Lipinski definition) is 6. The molecule has 122 valence electrons. The summed E-state index contributed by atoms with van der Waals surface area (Å²) in [6.07, 6.45) is 0. The highest BCUT2D eigenvalue weighted by molar-refractivity contribution is 6.49. The average Bonchev–Trinajstić information content (AvgIpc) is 2.48. The minimum absolute atomic E-state index is 0.00866. The molecule has 0 unspecified atom stereocenters. The average molecular weight is 343 g/mol. The molecule has 0 saturated carbocycles. The van der Waals surface area contributed by atoms with E-state index in [-0.39, 0.29) is 5.41 Å². The van der Waals surface area contributed by atoms with E-state index >= 15 is 0 Å². The van der Waals surface area contributed by atoms with Crippen molar-refractivity contribution < 1.29 is 26.6 Å². The molecule has 0 aromatic heterocycles. The van der Waals surface area contributed by atoms with Crippen molar-refractivity contribution in [3.05, 3.63) is 0 Å². The molecule has 0 saturated heterocycles. The molecule has 0 spiro atoms. The van der Waals surface area contributed by atoms with Crippen LogP contribution in [-0.2, 0) is 26.6 Å². The van der Waals surface area contributed by atoms with E-state index in [1.165, 1.54) is 0 Å². The molecule has 6 nitrogen and oxygen atoms in total. The summed E-state index contributed by atoms with van der Waals surface area (Å²) in [6.45, 7) is 2.22. The van der Waals surface area contributed by atoms with E-state index in [0.717, 1.165) is 18.1 Å². The Kier molecular flexibility index (Phi) is 11.3. The Labute approximate surface area is 128 Å². The standard InChI is InChI=1S/C11H30O6Si3/c1-11(8-18(12-2)13-3,9-19(14-4)15-5)10-20(16-6)17-7/h18-20H,8-10H2,1-7H3. The van der Waals surface area contributed by atoms with Gasteiger partial charge >= 0.3 is 27.9 Å². The minimum atomic E-state index is -1.66. The van der Waals surface area contributed by atoms with E-state index < -0.39 is 27.9 Å². The van der Waals surface area contributed by atoms with E-state index in [2.05, 4.69) is 6.92 Å². The second-order valence-corrected chi connectivity index (χ2v) is 11.8. The molecule has 0 N–H and O–H groups in total. The Morgan fingerprint density at radius 1 is 0.550 bits per heavy atom. The van der Waals surface area contributed by atoms with Crippen molar-refractivity contribution in [2.45, 2.75) is 25.1 Å². The Balaban J connectivity index is 4.89. The molecule has 9 heteroatoms. The van der Waals surface area contributed by atoms with Crippen LogP contribution in [0.3, 0.4) is 0 Å². The van der Waals surface area contributed by atoms with Crippen LogP contribution in [0.2, 0.25) is 18.1 Å². The molecular weight excluding hydrogens is 312 g/mol. The molecule has 0 rings (SSSR count). The van der Waals surface area contributed by atoms with E-state index in [9.17, 15) is 0 Å². The zero-order valence-corrected chi connectivity index (χ0v) is 17.3. The molecule has 20 heavy (non-hydrogen) atoms. The minimum Gasteiger partial charge on any atom is -0.400 e. The van der Waals surface area contributed by atoms with Gasteiger partial charge in [-0.25, -0.2) is 0 Å². The lowest BCUT2D eigenvalue weighted by Gasteiger charge is -2.34. The van der Waals surface area contributed by atoms with Gasteiger partial charge in [0.2, 0.25) is 0 Å². The van der Waals surface area contributed by atoms with Crippen LogP contribution in [-0.4, -0.2) is 70.5 Å². The van der Waals surface area contributed by atoms with Crippen LogP contribution in [0.1, 0.15) is 6.92 Å². The predicted octanol–water partition coefficient (Wildman–Crippen LogP) is 0.533. The zero-order chi connectivity index (χ0) is 15.6. The molecule has 0 fully saturated rings. The van der Waals surface area contributed by atoms with Gasteiger partial charge in [-0.1, -0.05) is 6.92 Å². The molecule has 0 aliphatic rings. The summed E-state index contributed by atoms with van der Waals surface area (Å²) >= 11 is 0. The third-order valence-corrected chi connectivity index (χ3v) is 10.7. The maximum absolute atomic E-state index is 5.48. The molecule has 0 aromatic rings. The first-order valence-corrected chi connectivity index (χ1v) is 11.9. The van der Waals surface area contributed by atoms with Gasteiger partial charge in [-0.05, 0) is 23.5 Å². The fourth-order valence-electron chi connectivity index (χ4n) is 2.25. The van der Waals surface area contributed by atoms with Gasteiger partial charge in [0.1, 0.15) is 0 Å². The Bertz CT molecular complexity index is 198. The number of hydrogen-bond donors (Lipinski definition) is 0. The third-order valence-electron chi connectivity index (χ3n) is 3.56. The van der Waals surface area contributed by atoms with Crippen LogP contribution in [0.4, 0.5) is 0 Å². The second kappa shape index (κ2) is 11.0. The van der Waals surface area contributed by atoms with Crippen molar-refractivity contribution in [3.63, 3.8) is 0 Å². The van der Waals surface area contributed by atoms with Gasteiger partial charge in [-0.15, -0.1) is 0 Å². The van der Waals surface area contributed by atoms with E-state index in [1.807, 2.05) is 0 Å². The monoisotopic (exact) mass is 342 g/mol. The highest BCUT2D eigenvalue weighted by Gasteiger charge is 2.37. The van der Waals surface area contributed by atoms with E-state index in [1.54, 1.807) is 42.7 Å². The van der Waals surface area contributed by atoms with Crippen LogP contribution in [0.25, 0.3) is 0 Å². The van der Waals surface area contributed by atoms with Crippen molar-refractivity contribution in [2.75, 3.05) is 42.7 Å². The molecule has 0 aliphatic heterocycles. The van der Waals surface area contributed by atoms with Gasteiger partial charge in [0.05, 0.1) is 0 Å².